The Morgan fingerprint density at radius 2 is 2.04 bits per heavy atom. The summed E-state index contributed by atoms with van der Waals surface area (Å²) in [7, 11) is 0. The molecular formula is C18H15BrN2OS. The van der Waals surface area contributed by atoms with Crippen molar-refractivity contribution < 1.29 is 4.79 Å². The molecule has 116 valence electrons. The fourth-order valence-corrected chi connectivity index (χ4v) is 3.45. The van der Waals surface area contributed by atoms with Gasteiger partial charge < -0.3 is 5.32 Å². The number of carbonyl (C=O) groups excluding carboxylic acids is 1. The van der Waals surface area contributed by atoms with Crippen molar-refractivity contribution in [2.45, 2.75) is 13.3 Å². The molecule has 23 heavy (non-hydrogen) atoms. The molecule has 0 saturated heterocycles. The Hall–Kier alpha value is -1.98. The number of carbonyl (C=O) groups is 1. The lowest BCUT2D eigenvalue weighted by Gasteiger charge is -2.04. The van der Waals surface area contributed by atoms with E-state index < -0.39 is 0 Å². The van der Waals surface area contributed by atoms with Crippen LogP contribution in [0, 0.1) is 6.92 Å². The molecule has 3 rings (SSSR count). The van der Waals surface area contributed by atoms with E-state index in [0.29, 0.717) is 0 Å². The molecule has 0 radical (unpaired) electrons. The van der Waals surface area contributed by atoms with Gasteiger partial charge in [-0.15, -0.1) is 11.3 Å². The Labute approximate surface area is 147 Å². The van der Waals surface area contributed by atoms with Crippen LogP contribution in [-0.2, 0) is 11.2 Å². The summed E-state index contributed by atoms with van der Waals surface area (Å²) in [6, 6.07) is 15.8. The first kappa shape index (κ1) is 15.9. The van der Waals surface area contributed by atoms with Crippen LogP contribution in [0.15, 0.2) is 58.4 Å². The Morgan fingerprint density at radius 1 is 1.22 bits per heavy atom. The highest BCUT2D eigenvalue weighted by molar-refractivity contribution is 9.10. The van der Waals surface area contributed by atoms with E-state index in [2.05, 4.69) is 45.3 Å². The van der Waals surface area contributed by atoms with E-state index in [1.807, 2.05) is 41.8 Å². The molecule has 0 saturated carbocycles. The normalized spacial score (nSPS) is 10.5. The standard InChI is InChI=1S/C18H15BrN2OS/c1-12-4-2-5-13(8-12)18-21-16(11-23-18)10-17(22)20-15-7-3-6-14(19)9-15/h2-9,11H,10H2,1H3,(H,20,22). The molecule has 1 heterocycles. The third kappa shape index (κ3) is 4.27. The van der Waals surface area contributed by atoms with Crippen LogP contribution in [-0.4, -0.2) is 10.9 Å². The lowest BCUT2D eigenvalue weighted by atomic mass is 10.1. The number of halogens is 1. The molecule has 0 fully saturated rings. The van der Waals surface area contributed by atoms with Gasteiger partial charge in [-0.3, -0.25) is 4.79 Å². The number of hydrogen-bond donors (Lipinski definition) is 1. The fourth-order valence-electron chi connectivity index (χ4n) is 2.23. The van der Waals surface area contributed by atoms with Crippen molar-refractivity contribution in [3.05, 3.63) is 69.6 Å². The number of nitrogens with zero attached hydrogens (tertiary/aromatic N) is 1. The topological polar surface area (TPSA) is 42.0 Å². The van der Waals surface area contributed by atoms with Crippen molar-refractivity contribution in [3.8, 4) is 10.6 Å². The van der Waals surface area contributed by atoms with Gasteiger partial charge in [-0.25, -0.2) is 4.98 Å². The number of aryl methyl sites for hydroxylation is 1. The lowest BCUT2D eigenvalue weighted by Crippen LogP contribution is -2.14. The number of benzene rings is 2. The summed E-state index contributed by atoms with van der Waals surface area (Å²) in [5.74, 6) is -0.0656. The zero-order valence-electron chi connectivity index (χ0n) is 12.5. The molecule has 0 spiro atoms. The number of hydrogen-bond acceptors (Lipinski definition) is 3. The predicted molar refractivity (Wildman–Crippen MR) is 98.8 cm³/mol. The highest BCUT2D eigenvalue weighted by Gasteiger charge is 2.09. The molecule has 0 atom stereocenters. The second-order valence-corrected chi connectivity index (χ2v) is 7.02. The van der Waals surface area contributed by atoms with Gasteiger partial charge >= 0.3 is 0 Å². The van der Waals surface area contributed by atoms with Crippen LogP contribution in [0.1, 0.15) is 11.3 Å². The Kier molecular flexibility index (Phi) is 4.88. The van der Waals surface area contributed by atoms with E-state index >= 15 is 0 Å². The molecule has 1 N–H and O–H groups in total. The van der Waals surface area contributed by atoms with Crippen molar-refractivity contribution in [1.82, 2.24) is 4.98 Å². The summed E-state index contributed by atoms with van der Waals surface area (Å²) in [5.41, 5.74) is 3.86. The van der Waals surface area contributed by atoms with Crippen molar-refractivity contribution >= 4 is 38.9 Å². The second-order valence-electron chi connectivity index (χ2n) is 5.25. The van der Waals surface area contributed by atoms with Gasteiger partial charge in [0.25, 0.3) is 0 Å². The summed E-state index contributed by atoms with van der Waals surface area (Å²) in [6.07, 6.45) is 0.273. The molecule has 0 bridgehead atoms. The minimum atomic E-state index is -0.0656. The first-order valence-corrected chi connectivity index (χ1v) is 8.84. The fraction of sp³-hybridized carbons (Fsp3) is 0.111. The predicted octanol–water partition coefficient (Wildman–Crippen LogP) is 5.06. The molecule has 0 unspecified atom stereocenters. The average molecular weight is 387 g/mol. The van der Waals surface area contributed by atoms with Gasteiger partial charge in [0.15, 0.2) is 0 Å². The van der Waals surface area contributed by atoms with Gasteiger partial charge in [-0.05, 0) is 31.2 Å². The van der Waals surface area contributed by atoms with Crippen molar-refractivity contribution in [1.29, 1.82) is 0 Å². The molecule has 1 aromatic heterocycles. The monoisotopic (exact) mass is 386 g/mol. The van der Waals surface area contributed by atoms with Crippen LogP contribution >= 0.6 is 27.3 Å². The van der Waals surface area contributed by atoms with E-state index in [9.17, 15) is 4.79 Å². The third-order valence-electron chi connectivity index (χ3n) is 3.27. The van der Waals surface area contributed by atoms with E-state index in [4.69, 9.17) is 0 Å². The van der Waals surface area contributed by atoms with Crippen molar-refractivity contribution in [3.63, 3.8) is 0 Å². The van der Waals surface area contributed by atoms with Gasteiger partial charge in [-0.1, -0.05) is 45.8 Å². The zero-order chi connectivity index (χ0) is 16.2. The molecule has 3 nitrogen and oxygen atoms in total. The largest absolute Gasteiger partial charge is 0.326 e. The number of aromatic nitrogens is 1. The number of anilines is 1. The number of amides is 1. The maximum Gasteiger partial charge on any atom is 0.230 e. The van der Waals surface area contributed by atoms with E-state index in [-0.39, 0.29) is 12.3 Å². The third-order valence-corrected chi connectivity index (χ3v) is 4.70. The summed E-state index contributed by atoms with van der Waals surface area (Å²) < 4.78 is 0.936. The van der Waals surface area contributed by atoms with Crippen LogP contribution in [0.4, 0.5) is 5.69 Å². The summed E-state index contributed by atoms with van der Waals surface area (Å²) in [5, 5.41) is 5.77. The highest BCUT2D eigenvalue weighted by Crippen LogP contribution is 2.24. The summed E-state index contributed by atoms with van der Waals surface area (Å²) in [6.45, 7) is 2.06. The van der Waals surface area contributed by atoms with E-state index in [1.165, 1.54) is 5.56 Å². The first-order chi connectivity index (χ1) is 11.1. The average Bonchev–Trinajstić information content (AvgIpc) is 2.95. The van der Waals surface area contributed by atoms with Crippen molar-refractivity contribution in [2.24, 2.45) is 0 Å². The first-order valence-electron chi connectivity index (χ1n) is 7.17. The smallest absolute Gasteiger partial charge is 0.230 e. The van der Waals surface area contributed by atoms with Crippen LogP contribution in [0.2, 0.25) is 0 Å². The highest BCUT2D eigenvalue weighted by atomic mass is 79.9. The Morgan fingerprint density at radius 3 is 2.83 bits per heavy atom. The molecular weight excluding hydrogens is 372 g/mol. The van der Waals surface area contributed by atoms with Crippen LogP contribution in [0.3, 0.4) is 0 Å². The molecule has 0 aliphatic rings. The molecule has 0 aliphatic heterocycles. The minimum absolute atomic E-state index is 0.0656. The minimum Gasteiger partial charge on any atom is -0.326 e. The quantitative estimate of drug-likeness (QED) is 0.680. The molecule has 3 aromatic rings. The van der Waals surface area contributed by atoms with Crippen LogP contribution in [0.5, 0.6) is 0 Å². The van der Waals surface area contributed by atoms with E-state index in [1.54, 1.807) is 11.3 Å². The van der Waals surface area contributed by atoms with Crippen LogP contribution < -0.4 is 5.32 Å². The van der Waals surface area contributed by atoms with Gasteiger partial charge in [0.1, 0.15) is 5.01 Å². The number of thiazole rings is 1. The van der Waals surface area contributed by atoms with Crippen LogP contribution in [0.25, 0.3) is 10.6 Å². The number of rotatable bonds is 4. The van der Waals surface area contributed by atoms with Gasteiger partial charge in [0, 0.05) is 21.1 Å². The number of nitrogens with one attached hydrogen (secondary N) is 1. The SMILES string of the molecule is Cc1cccc(-c2nc(CC(=O)Nc3cccc(Br)c3)cs2)c1. The van der Waals surface area contributed by atoms with Crippen molar-refractivity contribution in [2.75, 3.05) is 5.32 Å². The summed E-state index contributed by atoms with van der Waals surface area (Å²) in [4.78, 5) is 16.7. The second kappa shape index (κ2) is 7.06. The maximum absolute atomic E-state index is 12.1. The zero-order valence-corrected chi connectivity index (χ0v) is 14.9. The molecule has 2 aromatic carbocycles. The summed E-state index contributed by atoms with van der Waals surface area (Å²) >= 11 is 4.96. The molecule has 5 heteroatoms. The van der Waals surface area contributed by atoms with Gasteiger partial charge in [-0.2, -0.15) is 0 Å². The Balaban J connectivity index is 1.68. The molecule has 1 amide bonds. The lowest BCUT2D eigenvalue weighted by molar-refractivity contribution is -0.115. The van der Waals surface area contributed by atoms with E-state index in [0.717, 1.165) is 26.4 Å². The Bertz CT molecular complexity index is 844. The van der Waals surface area contributed by atoms with Gasteiger partial charge in [0.2, 0.25) is 5.91 Å². The molecule has 0 aliphatic carbocycles. The van der Waals surface area contributed by atoms with Gasteiger partial charge in [0.05, 0.1) is 12.1 Å². The maximum atomic E-state index is 12.1.